The van der Waals surface area contributed by atoms with E-state index < -0.39 is 0 Å². The summed E-state index contributed by atoms with van der Waals surface area (Å²) in [5, 5.41) is 1.14. The number of nitrogens with zero attached hydrogens (tertiary/aromatic N) is 1. The molecule has 1 aliphatic carbocycles. The molecule has 1 aromatic rings. The normalized spacial score (nSPS) is 29.4. The maximum atomic E-state index is 6.18. The van der Waals surface area contributed by atoms with E-state index in [0.717, 1.165) is 30.2 Å². The van der Waals surface area contributed by atoms with Crippen LogP contribution < -0.4 is 5.73 Å². The third-order valence-corrected chi connectivity index (χ3v) is 5.56. The lowest BCUT2D eigenvalue weighted by Gasteiger charge is -2.38. The molecular weight excluding hydrogens is 256 g/mol. The molecule has 1 aliphatic rings. The van der Waals surface area contributed by atoms with Crippen LogP contribution in [-0.4, -0.2) is 11.6 Å². The van der Waals surface area contributed by atoms with Gasteiger partial charge in [-0.3, -0.25) is 0 Å². The average Bonchev–Trinajstić information content (AvgIpc) is 2.72. The molecule has 1 saturated carbocycles. The van der Waals surface area contributed by atoms with Crippen LogP contribution in [0.4, 0.5) is 0 Å². The second-order valence-electron chi connectivity index (χ2n) is 5.89. The van der Waals surface area contributed by atoms with E-state index in [4.69, 9.17) is 15.5 Å². The van der Waals surface area contributed by atoms with Crippen LogP contribution in [0.3, 0.4) is 0 Å². The molecule has 0 aromatic carbocycles. The van der Waals surface area contributed by atoms with Crippen molar-refractivity contribution in [2.24, 2.45) is 11.7 Å². The van der Waals surface area contributed by atoms with Gasteiger partial charge in [0.1, 0.15) is 10.6 Å². The first-order valence-electron chi connectivity index (χ1n) is 7.36. The van der Waals surface area contributed by atoms with Crippen molar-refractivity contribution in [2.45, 2.75) is 65.0 Å². The lowest BCUT2D eigenvalue weighted by molar-refractivity contribution is -0.0821. The van der Waals surface area contributed by atoms with E-state index in [0.29, 0.717) is 5.92 Å². The molecule has 4 heteroatoms. The summed E-state index contributed by atoms with van der Waals surface area (Å²) in [6.45, 7) is 9.23. The summed E-state index contributed by atoms with van der Waals surface area (Å²) < 4.78 is 6.18. The summed E-state index contributed by atoms with van der Waals surface area (Å²) in [7, 11) is 0. The van der Waals surface area contributed by atoms with E-state index in [1.165, 1.54) is 17.7 Å². The molecule has 1 aromatic heterocycles. The highest BCUT2D eigenvalue weighted by Gasteiger charge is 2.40. The predicted molar refractivity (Wildman–Crippen MR) is 80.4 cm³/mol. The van der Waals surface area contributed by atoms with Gasteiger partial charge in [-0.1, -0.05) is 13.3 Å². The van der Waals surface area contributed by atoms with Crippen molar-refractivity contribution < 1.29 is 4.74 Å². The Morgan fingerprint density at radius 3 is 2.84 bits per heavy atom. The predicted octanol–water partition coefficient (Wildman–Crippen LogP) is 3.91. The van der Waals surface area contributed by atoms with Gasteiger partial charge >= 0.3 is 0 Å². The molecule has 1 heterocycles. The standard InChI is InChI=1S/C15H26N2OS/c1-5-18-15(8-6-7-10(2)9-15)14-17-12(4)13(19-14)11(3)16/h10-11H,5-9,16H2,1-4H3. The molecule has 2 N–H and O–H groups in total. The van der Waals surface area contributed by atoms with Crippen molar-refractivity contribution in [1.82, 2.24) is 4.98 Å². The average molecular weight is 282 g/mol. The van der Waals surface area contributed by atoms with E-state index in [1.54, 1.807) is 11.3 Å². The molecule has 3 unspecified atom stereocenters. The van der Waals surface area contributed by atoms with Gasteiger partial charge in [0.15, 0.2) is 0 Å². The smallest absolute Gasteiger partial charge is 0.125 e. The quantitative estimate of drug-likeness (QED) is 0.910. The third kappa shape index (κ3) is 3.01. The highest BCUT2D eigenvalue weighted by atomic mass is 32.1. The zero-order valence-electron chi connectivity index (χ0n) is 12.5. The highest BCUT2D eigenvalue weighted by Crippen LogP contribution is 2.45. The van der Waals surface area contributed by atoms with Crippen LogP contribution in [0, 0.1) is 12.8 Å². The monoisotopic (exact) mass is 282 g/mol. The van der Waals surface area contributed by atoms with E-state index >= 15 is 0 Å². The minimum atomic E-state index is -0.158. The van der Waals surface area contributed by atoms with Gasteiger partial charge in [-0.2, -0.15) is 0 Å². The molecule has 108 valence electrons. The van der Waals surface area contributed by atoms with Gasteiger partial charge in [0.05, 0.1) is 5.69 Å². The van der Waals surface area contributed by atoms with Crippen LogP contribution in [0.1, 0.15) is 68.1 Å². The fourth-order valence-electron chi connectivity index (χ4n) is 3.19. The lowest BCUT2D eigenvalue weighted by Crippen LogP contribution is -2.35. The highest BCUT2D eigenvalue weighted by molar-refractivity contribution is 7.12. The lowest BCUT2D eigenvalue weighted by atomic mass is 9.79. The minimum Gasteiger partial charge on any atom is -0.368 e. The second kappa shape index (κ2) is 5.90. The van der Waals surface area contributed by atoms with Gasteiger partial charge in [0, 0.05) is 17.5 Å². The van der Waals surface area contributed by atoms with Gasteiger partial charge in [-0.25, -0.2) is 4.98 Å². The minimum absolute atomic E-state index is 0.0611. The molecule has 0 radical (unpaired) electrons. The number of ether oxygens (including phenoxy) is 1. The van der Waals surface area contributed by atoms with Crippen molar-refractivity contribution >= 4 is 11.3 Å². The summed E-state index contributed by atoms with van der Waals surface area (Å²) in [5.41, 5.74) is 6.95. The van der Waals surface area contributed by atoms with E-state index in [1.807, 2.05) is 6.92 Å². The Bertz CT molecular complexity index is 426. The van der Waals surface area contributed by atoms with E-state index in [-0.39, 0.29) is 11.6 Å². The number of aromatic nitrogens is 1. The number of thiazole rings is 1. The molecule has 0 spiro atoms. The van der Waals surface area contributed by atoms with Crippen LogP contribution >= 0.6 is 11.3 Å². The summed E-state index contributed by atoms with van der Waals surface area (Å²) in [4.78, 5) is 6.00. The Hall–Kier alpha value is -0.450. The maximum absolute atomic E-state index is 6.18. The summed E-state index contributed by atoms with van der Waals surface area (Å²) in [5.74, 6) is 0.711. The molecule has 19 heavy (non-hydrogen) atoms. The molecule has 1 fully saturated rings. The largest absolute Gasteiger partial charge is 0.368 e. The Labute approximate surface area is 120 Å². The molecule has 0 aliphatic heterocycles. The van der Waals surface area contributed by atoms with Crippen molar-refractivity contribution in [2.75, 3.05) is 6.61 Å². The van der Waals surface area contributed by atoms with Crippen molar-refractivity contribution in [1.29, 1.82) is 0 Å². The summed E-state index contributed by atoms with van der Waals surface area (Å²) >= 11 is 1.75. The fourth-order valence-corrected chi connectivity index (χ4v) is 4.39. The van der Waals surface area contributed by atoms with E-state index in [2.05, 4.69) is 20.8 Å². The van der Waals surface area contributed by atoms with Crippen LogP contribution in [0.2, 0.25) is 0 Å². The van der Waals surface area contributed by atoms with E-state index in [9.17, 15) is 0 Å². The van der Waals surface area contributed by atoms with Crippen molar-refractivity contribution in [3.63, 3.8) is 0 Å². The van der Waals surface area contributed by atoms with Crippen LogP contribution in [-0.2, 0) is 10.3 Å². The number of rotatable bonds is 4. The zero-order chi connectivity index (χ0) is 14.0. The van der Waals surface area contributed by atoms with Gasteiger partial charge in [0.2, 0.25) is 0 Å². The van der Waals surface area contributed by atoms with Gasteiger partial charge in [0.25, 0.3) is 0 Å². The topological polar surface area (TPSA) is 48.1 Å². The molecule has 0 bridgehead atoms. The Kier molecular flexibility index (Phi) is 4.64. The van der Waals surface area contributed by atoms with Crippen molar-refractivity contribution in [3.8, 4) is 0 Å². The fraction of sp³-hybridized carbons (Fsp3) is 0.800. The number of hydrogen-bond donors (Lipinski definition) is 1. The first-order valence-corrected chi connectivity index (χ1v) is 8.17. The SMILES string of the molecule is CCOC1(c2nc(C)c(C(C)N)s2)CCCC(C)C1. The Morgan fingerprint density at radius 1 is 1.58 bits per heavy atom. The number of hydrogen-bond acceptors (Lipinski definition) is 4. The van der Waals surface area contributed by atoms with Crippen molar-refractivity contribution in [3.05, 3.63) is 15.6 Å². The molecule has 2 rings (SSSR count). The first-order chi connectivity index (χ1) is 8.98. The second-order valence-corrected chi connectivity index (χ2v) is 6.92. The summed E-state index contributed by atoms with van der Waals surface area (Å²) in [6.07, 6.45) is 4.72. The van der Waals surface area contributed by atoms with Gasteiger partial charge in [-0.05, 0) is 46.0 Å². The molecule has 0 saturated heterocycles. The Balaban J connectivity index is 2.35. The molecule has 3 nitrogen and oxygen atoms in total. The molecule has 0 amide bonds. The third-order valence-electron chi connectivity index (χ3n) is 4.01. The zero-order valence-corrected chi connectivity index (χ0v) is 13.3. The van der Waals surface area contributed by atoms with Crippen LogP contribution in [0.25, 0.3) is 0 Å². The number of nitrogens with two attached hydrogens (primary N) is 1. The Morgan fingerprint density at radius 2 is 2.32 bits per heavy atom. The van der Waals surface area contributed by atoms with Crippen LogP contribution in [0.15, 0.2) is 0 Å². The maximum Gasteiger partial charge on any atom is 0.125 e. The number of aryl methyl sites for hydroxylation is 1. The summed E-state index contributed by atoms with van der Waals surface area (Å²) in [6, 6.07) is 0.0611. The molecule has 3 atom stereocenters. The first kappa shape index (κ1) is 14.9. The van der Waals surface area contributed by atoms with Gasteiger partial charge in [-0.15, -0.1) is 11.3 Å². The van der Waals surface area contributed by atoms with Gasteiger partial charge < -0.3 is 10.5 Å². The van der Waals surface area contributed by atoms with Crippen LogP contribution in [0.5, 0.6) is 0 Å². The molecular formula is C15H26N2OS.